The Labute approximate surface area is 144 Å². The Morgan fingerprint density at radius 3 is 3.00 bits per heavy atom. The number of aryl methyl sites for hydroxylation is 1. The molecule has 1 aliphatic rings. The first-order valence-corrected chi connectivity index (χ1v) is 8.45. The molecule has 2 aromatic heterocycles. The summed E-state index contributed by atoms with van der Waals surface area (Å²) in [4.78, 5) is 16.8. The number of amides is 1. The van der Waals surface area contributed by atoms with E-state index in [1.807, 2.05) is 37.3 Å². The summed E-state index contributed by atoms with van der Waals surface area (Å²) in [5.41, 5.74) is 3.55. The predicted octanol–water partition coefficient (Wildman–Crippen LogP) is 2.31. The molecule has 1 atom stereocenters. The first-order valence-electron chi connectivity index (χ1n) is 8.45. The molecule has 1 aliphatic carbocycles. The number of hydrogen-bond donors (Lipinski definition) is 2. The van der Waals surface area contributed by atoms with E-state index in [9.17, 15) is 4.79 Å². The summed E-state index contributed by atoms with van der Waals surface area (Å²) >= 11 is 0. The topological polar surface area (TPSA) is 96.7 Å². The quantitative estimate of drug-likeness (QED) is 0.745. The molecule has 0 radical (unpaired) electrons. The second kappa shape index (κ2) is 6.51. The van der Waals surface area contributed by atoms with Crippen molar-refractivity contribution in [1.29, 1.82) is 0 Å². The maximum Gasteiger partial charge on any atom is 0.272 e. The Balaban J connectivity index is 1.40. The number of aromatic nitrogens is 4. The maximum atomic E-state index is 12.4. The molecule has 7 nitrogen and oxygen atoms in total. The molecule has 128 valence electrons. The number of H-pyrrole nitrogens is 1. The number of benzene rings is 1. The van der Waals surface area contributed by atoms with Crippen LogP contribution in [0.3, 0.4) is 0 Å². The minimum absolute atomic E-state index is 0.134. The summed E-state index contributed by atoms with van der Waals surface area (Å²) in [6.07, 6.45) is 3.42. The second-order valence-electron chi connectivity index (χ2n) is 6.34. The van der Waals surface area contributed by atoms with E-state index in [0.29, 0.717) is 23.8 Å². The fourth-order valence-electron chi connectivity index (χ4n) is 3.15. The number of carbonyl (C=O) groups is 1. The molecule has 2 heterocycles. The van der Waals surface area contributed by atoms with E-state index in [0.717, 1.165) is 36.1 Å². The third kappa shape index (κ3) is 3.17. The van der Waals surface area contributed by atoms with Crippen molar-refractivity contribution < 1.29 is 9.32 Å². The molecule has 0 fully saturated rings. The molecule has 4 rings (SSSR count). The van der Waals surface area contributed by atoms with E-state index in [1.54, 1.807) is 0 Å². The smallest absolute Gasteiger partial charge is 0.272 e. The summed E-state index contributed by atoms with van der Waals surface area (Å²) in [5.74, 6) is 0.896. The zero-order chi connectivity index (χ0) is 17.2. The highest BCUT2D eigenvalue weighted by Crippen LogP contribution is 2.22. The number of fused-ring (bicyclic) bond motifs is 1. The van der Waals surface area contributed by atoms with Crippen LogP contribution in [0.5, 0.6) is 0 Å². The van der Waals surface area contributed by atoms with Crippen LogP contribution in [0.25, 0.3) is 11.4 Å². The third-order valence-corrected chi connectivity index (χ3v) is 4.38. The van der Waals surface area contributed by atoms with Gasteiger partial charge < -0.3 is 9.84 Å². The number of hydrogen-bond acceptors (Lipinski definition) is 5. The highest BCUT2D eigenvalue weighted by atomic mass is 16.5. The number of rotatable bonds is 5. The molecular weight excluding hydrogens is 318 g/mol. The van der Waals surface area contributed by atoms with Gasteiger partial charge in [-0.15, -0.1) is 0 Å². The third-order valence-electron chi connectivity index (χ3n) is 4.38. The lowest BCUT2D eigenvalue weighted by Crippen LogP contribution is -2.34. The van der Waals surface area contributed by atoms with Crippen molar-refractivity contribution in [3.63, 3.8) is 0 Å². The molecule has 1 amide bonds. The van der Waals surface area contributed by atoms with Gasteiger partial charge in [-0.1, -0.05) is 35.5 Å². The molecule has 0 saturated carbocycles. The Bertz CT molecular complexity index is 884. The molecule has 1 aromatic carbocycles. The Kier molecular flexibility index (Phi) is 4.05. The van der Waals surface area contributed by atoms with E-state index in [-0.39, 0.29) is 11.9 Å². The summed E-state index contributed by atoms with van der Waals surface area (Å²) in [7, 11) is 0. The van der Waals surface area contributed by atoms with E-state index < -0.39 is 0 Å². The van der Waals surface area contributed by atoms with Gasteiger partial charge in [0.15, 0.2) is 5.69 Å². The van der Waals surface area contributed by atoms with Gasteiger partial charge in [0.25, 0.3) is 5.91 Å². The molecule has 0 bridgehead atoms. The molecule has 0 saturated heterocycles. The van der Waals surface area contributed by atoms with Crippen LogP contribution in [0.15, 0.2) is 34.9 Å². The van der Waals surface area contributed by atoms with Crippen LogP contribution < -0.4 is 5.32 Å². The molecule has 25 heavy (non-hydrogen) atoms. The van der Waals surface area contributed by atoms with Gasteiger partial charge in [0.1, 0.15) is 0 Å². The maximum absolute atomic E-state index is 12.4. The van der Waals surface area contributed by atoms with Crippen LogP contribution in [0.4, 0.5) is 0 Å². The summed E-state index contributed by atoms with van der Waals surface area (Å²) in [6.45, 7) is 1.91. The van der Waals surface area contributed by atoms with Crippen LogP contribution in [0.1, 0.15) is 41.0 Å². The minimum Gasteiger partial charge on any atom is -0.348 e. The van der Waals surface area contributed by atoms with Crippen LogP contribution in [-0.4, -0.2) is 32.3 Å². The second-order valence-corrected chi connectivity index (χ2v) is 6.34. The standard InChI is InChI=1S/C18H19N5O2/c1-11(19-18(24)16-13-8-5-9-14(13)21-22-16)10-15-20-17(23-25-15)12-6-3-2-4-7-12/h2-4,6-7,11H,5,8-10H2,1H3,(H,19,24)(H,21,22). The molecule has 1 unspecified atom stereocenters. The number of aromatic amines is 1. The van der Waals surface area contributed by atoms with Gasteiger partial charge in [0.2, 0.25) is 11.7 Å². The summed E-state index contributed by atoms with van der Waals surface area (Å²) in [5, 5.41) is 14.1. The van der Waals surface area contributed by atoms with Gasteiger partial charge in [-0.3, -0.25) is 9.89 Å². The highest BCUT2D eigenvalue weighted by Gasteiger charge is 2.24. The molecule has 7 heteroatoms. The lowest BCUT2D eigenvalue weighted by molar-refractivity contribution is 0.0932. The van der Waals surface area contributed by atoms with Crippen molar-refractivity contribution in [2.45, 2.75) is 38.6 Å². The SMILES string of the molecule is CC(Cc1nc(-c2ccccc2)no1)NC(=O)c1n[nH]c2c1CCC2. The molecule has 0 spiro atoms. The van der Waals surface area contributed by atoms with Gasteiger partial charge in [-0.25, -0.2) is 0 Å². The van der Waals surface area contributed by atoms with Crippen molar-refractivity contribution in [3.8, 4) is 11.4 Å². The fraction of sp³-hybridized carbons (Fsp3) is 0.333. The summed E-state index contributed by atoms with van der Waals surface area (Å²) in [6, 6.07) is 9.52. The van der Waals surface area contributed by atoms with Crippen LogP contribution >= 0.6 is 0 Å². The average Bonchev–Trinajstić information content (AvgIpc) is 3.31. The van der Waals surface area contributed by atoms with Crippen molar-refractivity contribution >= 4 is 5.91 Å². The van der Waals surface area contributed by atoms with Crippen molar-refractivity contribution in [3.05, 3.63) is 53.2 Å². The largest absolute Gasteiger partial charge is 0.348 e. The van der Waals surface area contributed by atoms with Crippen molar-refractivity contribution in [2.24, 2.45) is 0 Å². The number of nitrogens with zero attached hydrogens (tertiary/aromatic N) is 3. The lowest BCUT2D eigenvalue weighted by atomic mass is 10.1. The molecule has 0 aliphatic heterocycles. The van der Waals surface area contributed by atoms with Gasteiger partial charge in [-0.2, -0.15) is 10.1 Å². The number of carbonyl (C=O) groups excluding carboxylic acids is 1. The predicted molar refractivity (Wildman–Crippen MR) is 91.0 cm³/mol. The zero-order valence-electron chi connectivity index (χ0n) is 14.0. The molecule has 2 N–H and O–H groups in total. The van der Waals surface area contributed by atoms with Crippen LogP contribution in [0.2, 0.25) is 0 Å². The van der Waals surface area contributed by atoms with Gasteiger partial charge in [0.05, 0.1) is 0 Å². The lowest BCUT2D eigenvalue weighted by Gasteiger charge is -2.10. The molecular formula is C18H19N5O2. The highest BCUT2D eigenvalue weighted by molar-refractivity contribution is 5.94. The van der Waals surface area contributed by atoms with Gasteiger partial charge in [0, 0.05) is 29.3 Å². The van der Waals surface area contributed by atoms with Gasteiger partial charge in [-0.05, 0) is 26.2 Å². The average molecular weight is 337 g/mol. The fourth-order valence-corrected chi connectivity index (χ4v) is 3.15. The summed E-state index contributed by atoms with van der Waals surface area (Å²) < 4.78 is 5.30. The molecule has 3 aromatic rings. The first kappa shape index (κ1) is 15.6. The Morgan fingerprint density at radius 2 is 2.16 bits per heavy atom. The Hall–Kier alpha value is -2.96. The first-order chi connectivity index (χ1) is 12.2. The van der Waals surface area contributed by atoms with E-state index in [2.05, 4.69) is 25.7 Å². The van der Waals surface area contributed by atoms with E-state index >= 15 is 0 Å². The van der Waals surface area contributed by atoms with Crippen LogP contribution in [0, 0.1) is 0 Å². The van der Waals surface area contributed by atoms with E-state index in [1.165, 1.54) is 0 Å². The minimum atomic E-state index is -0.158. The van der Waals surface area contributed by atoms with Crippen molar-refractivity contribution in [1.82, 2.24) is 25.7 Å². The Morgan fingerprint density at radius 1 is 1.32 bits per heavy atom. The normalized spacial score (nSPS) is 14.3. The van der Waals surface area contributed by atoms with E-state index in [4.69, 9.17) is 4.52 Å². The van der Waals surface area contributed by atoms with Crippen LogP contribution in [-0.2, 0) is 19.3 Å². The number of nitrogens with one attached hydrogen (secondary N) is 2. The van der Waals surface area contributed by atoms with Gasteiger partial charge >= 0.3 is 0 Å². The van der Waals surface area contributed by atoms with Crippen molar-refractivity contribution in [2.75, 3.05) is 0 Å². The zero-order valence-corrected chi connectivity index (χ0v) is 14.0. The monoisotopic (exact) mass is 337 g/mol.